The normalized spacial score (nSPS) is 13.3. The first-order valence-corrected chi connectivity index (χ1v) is 7.76. The minimum absolute atomic E-state index is 0.725. The van der Waals surface area contributed by atoms with E-state index in [1.165, 1.54) is 22.1 Å². The van der Waals surface area contributed by atoms with E-state index in [1.54, 1.807) is 0 Å². The van der Waals surface area contributed by atoms with Crippen LogP contribution in [0.25, 0.3) is 10.1 Å². The Morgan fingerprint density at radius 1 is 1.22 bits per heavy atom. The fourth-order valence-electron chi connectivity index (χ4n) is 2.35. The van der Waals surface area contributed by atoms with Gasteiger partial charge in [0, 0.05) is 4.70 Å². The van der Waals surface area contributed by atoms with Gasteiger partial charge in [-0.2, -0.15) is 0 Å². The van der Waals surface area contributed by atoms with Gasteiger partial charge in [-0.1, -0.05) is 39.0 Å². The van der Waals surface area contributed by atoms with Crippen molar-refractivity contribution in [1.82, 2.24) is 5.32 Å². The van der Waals surface area contributed by atoms with E-state index in [9.17, 15) is 0 Å². The molecule has 0 amide bonds. The van der Waals surface area contributed by atoms with Crippen molar-refractivity contribution >= 4 is 21.4 Å². The van der Waals surface area contributed by atoms with Crippen LogP contribution in [0.5, 0.6) is 0 Å². The average molecular weight is 261 g/mol. The van der Waals surface area contributed by atoms with E-state index < -0.39 is 0 Å². The molecule has 1 unspecified atom stereocenters. The molecular formula is C16H23NS. The highest BCUT2D eigenvalue weighted by atomic mass is 32.1. The number of fused-ring (bicyclic) bond motifs is 1. The Morgan fingerprint density at radius 2 is 2.00 bits per heavy atom. The molecule has 2 aromatic rings. The molecule has 0 saturated heterocycles. The smallest absolute Gasteiger partial charge is 0.0345 e. The summed E-state index contributed by atoms with van der Waals surface area (Å²) < 4.78 is 1.42. The summed E-state index contributed by atoms with van der Waals surface area (Å²) in [5, 5.41) is 7.28. The molecule has 1 heterocycles. The Hall–Kier alpha value is -0.860. The summed E-state index contributed by atoms with van der Waals surface area (Å²) in [7, 11) is 0. The third-order valence-corrected chi connectivity index (χ3v) is 4.65. The van der Waals surface area contributed by atoms with Crippen molar-refractivity contribution in [3.63, 3.8) is 0 Å². The van der Waals surface area contributed by atoms with Crippen molar-refractivity contribution in [3.05, 3.63) is 35.2 Å². The van der Waals surface area contributed by atoms with Crippen LogP contribution in [0.3, 0.4) is 0 Å². The molecule has 0 radical (unpaired) electrons. The molecule has 98 valence electrons. The van der Waals surface area contributed by atoms with E-state index in [1.807, 2.05) is 11.3 Å². The third kappa shape index (κ3) is 3.12. The number of benzene rings is 1. The monoisotopic (exact) mass is 261 g/mol. The third-order valence-electron chi connectivity index (χ3n) is 3.64. The predicted molar refractivity (Wildman–Crippen MR) is 82.4 cm³/mol. The van der Waals surface area contributed by atoms with Crippen LogP contribution >= 0.6 is 11.3 Å². The van der Waals surface area contributed by atoms with Crippen LogP contribution in [0, 0.1) is 11.8 Å². The summed E-state index contributed by atoms with van der Waals surface area (Å²) in [5.74, 6) is 1.45. The second kappa shape index (κ2) is 6.35. The molecule has 0 bridgehead atoms. The van der Waals surface area contributed by atoms with E-state index in [4.69, 9.17) is 0 Å². The highest BCUT2D eigenvalue weighted by Gasteiger charge is 2.15. The van der Waals surface area contributed by atoms with Gasteiger partial charge < -0.3 is 5.32 Å². The molecule has 18 heavy (non-hydrogen) atoms. The van der Waals surface area contributed by atoms with E-state index in [0.717, 1.165) is 24.9 Å². The van der Waals surface area contributed by atoms with E-state index >= 15 is 0 Å². The molecule has 1 aromatic heterocycles. The van der Waals surface area contributed by atoms with Crippen LogP contribution in [0.15, 0.2) is 29.6 Å². The fraction of sp³-hybridized carbons (Fsp3) is 0.500. The molecule has 2 heteroatoms. The Kier molecular flexibility index (Phi) is 4.79. The quantitative estimate of drug-likeness (QED) is 0.816. The summed E-state index contributed by atoms with van der Waals surface area (Å²) in [6, 6.07) is 8.75. The van der Waals surface area contributed by atoms with Gasteiger partial charge in [-0.15, -0.1) is 11.3 Å². The maximum Gasteiger partial charge on any atom is 0.0345 e. The average Bonchev–Trinajstić information content (AvgIpc) is 2.77. The molecule has 1 aromatic carbocycles. The number of nitrogens with one attached hydrogen (secondary N) is 1. The zero-order valence-electron chi connectivity index (χ0n) is 11.6. The van der Waals surface area contributed by atoms with Crippen LogP contribution in [-0.2, 0) is 6.42 Å². The molecule has 0 saturated carbocycles. The maximum atomic E-state index is 3.49. The lowest BCUT2D eigenvalue weighted by Crippen LogP contribution is -2.27. The van der Waals surface area contributed by atoms with Crippen LogP contribution in [0.1, 0.15) is 26.3 Å². The molecule has 0 spiro atoms. The topological polar surface area (TPSA) is 12.0 Å². The maximum absolute atomic E-state index is 3.49. The first-order chi connectivity index (χ1) is 8.72. The van der Waals surface area contributed by atoms with Gasteiger partial charge in [0.25, 0.3) is 0 Å². The van der Waals surface area contributed by atoms with Gasteiger partial charge in [0.2, 0.25) is 0 Å². The van der Waals surface area contributed by atoms with Crippen LogP contribution in [-0.4, -0.2) is 13.1 Å². The SMILES string of the molecule is CCNCC(Cc1csc2ccccc12)C(C)C. The molecule has 2 rings (SSSR count). The van der Waals surface area contributed by atoms with Gasteiger partial charge in [-0.3, -0.25) is 0 Å². The minimum Gasteiger partial charge on any atom is -0.317 e. The fourth-order valence-corrected chi connectivity index (χ4v) is 3.32. The summed E-state index contributed by atoms with van der Waals surface area (Å²) >= 11 is 1.87. The van der Waals surface area contributed by atoms with Crippen molar-refractivity contribution in [2.24, 2.45) is 11.8 Å². The van der Waals surface area contributed by atoms with E-state index in [0.29, 0.717) is 0 Å². The van der Waals surface area contributed by atoms with Gasteiger partial charge in [0.05, 0.1) is 0 Å². The standard InChI is InChI=1S/C16H23NS/c1-4-17-10-13(12(2)3)9-14-11-18-16-8-6-5-7-15(14)16/h5-8,11-13,17H,4,9-10H2,1-3H3. The van der Waals surface area contributed by atoms with Gasteiger partial charge >= 0.3 is 0 Å². The largest absolute Gasteiger partial charge is 0.317 e. The number of thiophene rings is 1. The Bertz CT molecular complexity index is 487. The summed E-state index contributed by atoms with van der Waals surface area (Å²) in [6.07, 6.45) is 1.19. The van der Waals surface area contributed by atoms with E-state index in [2.05, 4.69) is 55.7 Å². The number of rotatable bonds is 6. The Labute approximate surface area is 114 Å². The molecule has 1 nitrogen and oxygen atoms in total. The van der Waals surface area contributed by atoms with Crippen molar-refractivity contribution in [3.8, 4) is 0 Å². The lowest BCUT2D eigenvalue weighted by Gasteiger charge is -2.21. The summed E-state index contributed by atoms with van der Waals surface area (Å²) in [5.41, 5.74) is 1.52. The first kappa shape index (κ1) is 13.6. The Morgan fingerprint density at radius 3 is 2.72 bits per heavy atom. The Balaban J connectivity index is 2.15. The second-order valence-corrected chi connectivity index (χ2v) is 6.18. The molecule has 1 N–H and O–H groups in total. The van der Waals surface area contributed by atoms with Crippen molar-refractivity contribution in [1.29, 1.82) is 0 Å². The number of hydrogen-bond donors (Lipinski definition) is 1. The van der Waals surface area contributed by atoms with Crippen molar-refractivity contribution < 1.29 is 0 Å². The lowest BCUT2D eigenvalue weighted by atomic mass is 9.89. The highest BCUT2D eigenvalue weighted by Crippen LogP contribution is 2.29. The van der Waals surface area contributed by atoms with Gasteiger partial charge in [0.15, 0.2) is 0 Å². The van der Waals surface area contributed by atoms with Crippen molar-refractivity contribution in [2.75, 3.05) is 13.1 Å². The van der Waals surface area contributed by atoms with Gasteiger partial charge in [-0.05, 0) is 53.7 Å². The second-order valence-electron chi connectivity index (χ2n) is 5.27. The minimum atomic E-state index is 0.725. The van der Waals surface area contributed by atoms with Crippen LogP contribution in [0.2, 0.25) is 0 Å². The van der Waals surface area contributed by atoms with E-state index in [-0.39, 0.29) is 0 Å². The number of hydrogen-bond acceptors (Lipinski definition) is 2. The van der Waals surface area contributed by atoms with Gasteiger partial charge in [0.1, 0.15) is 0 Å². The molecule has 0 aliphatic heterocycles. The zero-order chi connectivity index (χ0) is 13.0. The van der Waals surface area contributed by atoms with Gasteiger partial charge in [-0.25, -0.2) is 0 Å². The zero-order valence-corrected chi connectivity index (χ0v) is 12.4. The highest BCUT2D eigenvalue weighted by molar-refractivity contribution is 7.17. The lowest BCUT2D eigenvalue weighted by molar-refractivity contribution is 0.365. The summed E-state index contributed by atoms with van der Waals surface area (Å²) in [4.78, 5) is 0. The van der Waals surface area contributed by atoms with Crippen molar-refractivity contribution in [2.45, 2.75) is 27.2 Å². The molecule has 0 aliphatic rings. The predicted octanol–water partition coefficient (Wildman–Crippen LogP) is 4.33. The molecule has 1 atom stereocenters. The molecule has 0 fully saturated rings. The summed E-state index contributed by atoms with van der Waals surface area (Å²) in [6.45, 7) is 9.02. The van der Waals surface area contributed by atoms with Crippen LogP contribution in [0.4, 0.5) is 0 Å². The first-order valence-electron chi connectivity index (χ1n) is 6.88. The molecule has 0 aliphatic carbocycles. The van der Waals surface area contributed by atoms with Crippen LogP contribution < -0.4 is 5.32 Å². The molecular weight excluding hydrogens is 238 g/mol.